The summed E-state index contributed by atoms with van der Waals surface area (Å²) in [5.41, 5.74) is 2.65. The summed E-state index contributed by atoms with van der Waals surface area (Å²) in [4.78, 5) is 17.4. The van der Waals surface area contributed by atoms with Gasteiger partial charge in [-0.3, -0.25) is 0 Å². The smallest absolute Gasteiger partial charge is 0.324 e. The number of methoxy groups -OCH3 is 1. The fourth-order valence-electron chi connectivity index (χ4n) is 4.85. The number of allylic oxidation sites excluding steroid dienone is 4. The fourth-order valence-corrected chi connectivity index (χ4v) is 7.05. The van der Waals surface area contributed by atoms with Crippen LogP contribution in [-0.2, 0) is 14.6 Å². The van der Waals surface area contributed by atoms with Crippen molar-refractivity contribution in [1.82, 2.24) is 20.1 Å². The SMILES string of the molecule is COCCS(=O)(=O)C1=CC=C(c2ccc3nc(O[C@@H](C)C4CCN(c5nc(C(C)C)no5)CC4)sc3n2)CC1. The molecule has 0 saturated carbocycles. The molecule has 0 unspecified atom stereocenters. The largest absolute Gasteiger partial charge is 0.467 e. The molecule has 0 bridgehead atoms. The molecule has 0 spiro atoms. The standard InChI is InChI=1S/C27H35N5O5S2/c1-17(2)24-30-26(37-31-24)32-13-11-19(12-14-32)18(3)36-27-29-23-10-9-22(28-25(23)38-27)20-5-7-21(8-6-20)39(33,34)16-15-35-4/h5,7,9-10,17-19H,6,8,11-16H2,1-4H3/t18-/m0/s1. The number of anilines is 1. The number of aromatic nitrogens is 4. The first-order valence-corrected chi connectivity index (χ1v) is 15.8. The molecule has 0 radical (unpaired) electrons. The van der Waals surface area contributed by atoms with Gasteiger partial charge in [0, 0.05) is 31.0 Å². The van der Waals surface area contributed by atoms with Gasteiger partial charge in [0.2, 0.25) is 0 Å². The first kappa shape index (κ1) is 27.7. The molecular weight excluding hydrogens is 538 g/mol. The van der Waals surface area contributed by atoms with Crippen molar-refractivity contribution in [3.63, 3.8) is 0 Å². The molecule has 1 fully saturated rings. The Balaban J connectivity index is 1.20. The number of nitrogens with zero attached hydrogens (tertiary/aromatic N) is 5. The van der Waals surface area contributed by atoms with Crippen LogP contribution in [0.25, 0.3) is 15.9 Å². The highest BCUT2D eigenvalue weighted by Crippen LogP contribution is 2.34. The van der Waals surface area contributed by atoms with E-state index < -0.39 is 9.84 Å². The van der Waals surface area contributed by atoms with Crippen LogP contribution in [-0.4, -0.2) is 67.2 Å². The quantitative estimate of drug-likeness (QED) is 0.327. The van der Waals surface area contributed by atoms with Gasteiger partial charge in [-0.1, -0.05) is 36.4 Å². The summed E-state index contributed by atoms with van der Waals surface area (Å²) in [6.45, 7) is 8.11. The number of pyridine rings is 1. The van der Waals surface area contributed by atoms with Gasteiger partial charge in [0.1, 0.15) is 16.5 Å². The number of sulfone groups is 1. The summed E-state index contributed by atoms with van der Waals surface area (Å²) in [6.07, 6.45) is 6.61. The molecule has 1 saturated heterocycles. The Morgan fingerprint density at radius 3 is 2.56 bits per heavy atom. The molecular formula is C27H35N5O5S2. The highest BCUT2D eigenvalue weighted by molar-refractivity contribution is 7.95. The van der Waals surface area contributed by atoms with E-state index in [9.17, 15) is 8.42 Å². The van der Waals surface area contributed by atoms with E-state index in [1.54, 1.807) is 6.08 Å². The van der Waals surface area contributed by atoms with E-state index in [2.05, 4.69) is 40.8 Å². The van der Waals surface area contributed by atoms with Gasteiger partial charge >= 0.3 is 6.01 Å². The topological polar surface area (TPSA) is 121 Å². The molecule has 4 heterocycles. The number of thiazole rings is 1. The second-order valence-corrected chi connectivity index (χ2v) is 13.5. The molecule has 2 aliphatic rings. The Kier molecular flexibility index (Phi) is 8.34. The Hall–Kier alpha value is -2.83. The Morgan fingerprint density at radius 2 is 1.90 bits per heavy atom. The van der Waals surface area contributed by atoms with Gasteiger partial charge in [-0.05, 0) is 62.3 Å². The number of hydrogen-bond donors (Lipinski definition) is 0. The molecule has 1 aliphatic heterocycles. The fraction of sp³-hybridized carbons (Fsp3) is 0.556. The number of piperidine rings is 1. The lowest BCUT2D eigenvalue weighted by molar-refractivity contribution is 0.131. The van der Waals surface area contributed by atoms with E-state index in [-0.39, 0.29) is 24.4 Å². The average Bonchev–Trinajstić information content (AvgIpc) is 3.59. The maximum Gasteiger partial charge on any atom is 0.324 e. The Morgan fingerprint density at radius 1 is 1.10 bits per heavy atom. The van der Waals surface area contributed by atoms with Crippen LogP contribution >= 0.6 is 11.3 Å². The minimum atomic E-state index is -3.29. The van der Waals surface area contributed by atoms with Gasteiger partial charge in [-0.15, -0.1) is 0 Å². The summed E-state index contributed by atoms with van der Waals surface area (Å²) in [7, 11) is -1.78. The van der Waals surface area contributed by atoms with Gasteiger partial charge in [0.25, 0.3) is 5.19 Å². The second-order valence-electron chi connectivity index (χ2n) is 10.4. The third-order valence-electron chi connectivity index (χ3n) is 7.34. The van der Waals surface area contributed by atoms with Crippen LogP contribution in [0.1, 0.15) is 63.9 Å². The Labute approximate surface area is 233 Å². The number of rotatable bonds is 10. The monoisotopic (exact) mass is 573 g/mol. The van der Waals surface area contributed by atoms with E-state index in [0.717, 1.165) is 53.4 Å². The molecule has 1 atom stereocenters. The van der Waals surface area contributed by atoms with Gasteiger partial charge in [0.15, 0.2) is 15.7 Å². The zero-order valence-electron chi connectivity index (χ0n) is 22.8. The highest BCUT2D eigenvalue weighted by Gasteiger charge is 2.28. The van der Waals surface area contributed by atoms with Gasteiger partial charge in [0.05, 0.1) is 18.1 Å². The first-order valence-electron chi connectivity index (χ1n) is 13.4. The molecule has 3 aromatic rings. The third kappa shape index (κ3) is 6.33. The van der Waals surface area contributed by atoms with Crippen molar-refractivity contribution < 1.29 is 22.4 Å². The maximum absolute atomic E-state index is 12.4. The average molecular weight is 574 g/mol. The van der Waals surface area contributed by atoms with E-state index in [1.165, 1.54) is 18.4 Å². The molecule has 0 N–H and O–H groups in total. The molecule has 0 amide bonds. The highest BCUT2D eigenvalue weighted by atomic mass is 32.2. The number of hydrogen-bond acceptors (Lipinski definition) is 11. The zero-order valence-corrected chi connectivity index (χ0v) is 24.4. The predicted octanol–water partition coefficient (Wildman–Crippen LogP) is 5.00. The molecule has 5 rings (SSSR count). The number of ether oxygens (including phenoxy) is 2. The third-order valence-corrected chi connectivity index (χ3v) is 10.0. The van der Waals surface area contributed by atoms with E-state index in [0.29, 0.717) is 34.9 Å². The van der Waals surface area contributed by atoms with Crippen LogP contribution in [0, 0.1) is 5.92 Å². The lowest BCUT2D eigenvalue weighted by Gasteiger charge is -2.33. The summed E-state index contributed by atoms with van der Waals surface area (Å²) in [5.74, 6) is 1.38. The molecule has 0 aromatic carbocycles. The molecule has 210 valence electrons. The van der Waals surface area contributed by atoms with Crippen LogP contribution in [0.5, 0.6) is 5.19 Å². The van der Waals surface area contributed by atoms with E-state index in [1.807, 2.05) is 18.2 Å². The molecule has 3 aromatic heterocycles. The molecule has 39 heavy (non-hydrogen) atoms. The van der Waals surface area contributed by atoms with Crippen LogP contribution in [0.4, 0.5) is 6.01 Å². The molecule has 12 heteroatoms. The Bertz CT molecular complexity index is 1470. The summed E-state index contributed by atoms with van der Waals surface area (Å²) >= 11 is 1.44. The van der Waals surface area contributed by atoms with Crippen molar-refractivity contribution in [3.8, 4) is 5.19 Å². The van der Waals surface area contributed by atoms with Crippen molar-refractivity contribution >= 4 is 43.1 Å². The lowest BCUT2D eigenvalue weighted by atomic mass is 9.92. The normalized spacial score (nSPS) is 17.9. The summed E-state index contributed by atoms with van der Waals surface area (Å²) in [5, 5.41) is 4.70. The van der Waals surface area contributed by atoms with Crippen molar-refractivity contribution in [2.45, 2.75) is 58.5 Å². The van der Waals surface area contributed by atoms with Crippen LogP contribution in [0.3, 0.4) is 0 Å². The summed E-state index contributed by atoms with van der Waals surface area (Å²) < 4.78 is 41.6. The maximum atomic E-state index is 12.4. The molecule has 1 aliphatic carbocycles. The van der Waals surface area contributed by atoms with E-state index >= 15 is 0 Å². The molecule has 10 nitrogen and oxygen atoms in total. The predicted molar refractivity (Wildman–Crippen MR) is 152 cm³/mol. The van der Waals surface area contributed by atoms with E-state index in [4.69, 9.17) is 19.0 Å². The van der Waals surface area contributed by atoms with Gasteiger partial charge in [-0.2, -0.15) is 4.98 Å². The first-order chi connectivity index (χ1) is 18.7. The minimum absolute atomic E-state index is 0.00169. The lowest BCUT2D eigenvalue weighted by Crippen LogP contribution is -2.38. The van der Waals surface area contributed by atoms with Crippen LogP contribution in [0.2, 0.25) is 0 Å². The minimum Gasteiger partial charge on any atom is -0.467 e. The zero-order chi connectivity index (χ0) is 27.6. The summed E-state index contributed by atoms with van der Waals surface area (Å²) in [6, 6.07) is 4.50. The van der Waals surface area contributed by atoms with Crippen LogP contribution in [0.15, 0.2) is 33.7 Å². The van der Waals surface area contributed by atoms with Gasteiger partial charge < -0.3 is 18.9 Å². The van der Waals surface area contributed by atoms with Crippen molar-refractivity contribution in [2.24, 2.45) is 5.92 Å². The number of fused-ring (bicyclic) bond motifs is 1. The second kappa shape index (κ2) is 11.7. The van der Waals surface area contributed by atoms with Crippen molar-refractivity contribution in [1.29, 1.82) is 0 Å². The van der Waals surface area contributed by atoms with Crippen molar-refractivity contribution in [2.75, 3.05) is 37.5 Å². The van der Waals surface area contributed by atoms with Crippen molar-refractivity contribution in [3.05, 3.63) is 40.7 Å². The van der Waals surface area contributed by atoms with Gasteiger partial charge in [-0.25, -0.2) is 18.4 Å². The van der Waals surface area contributed by atoms with Crippen LogP contribution < -0.4 is 9.64 Å².